The van der Waals surface area contributed by atoms with E-state index in [0.717, 1.165) is 28.2 Å². The second-order valence-corrected chi connectivity index (χ2v) is 7.83. The van der Waals surface area contributed by atoms with E-state index >= 15 is 0 Å². The van der Waals surface area contributed by atoms with Crippen LogP contribution in [-0.4, -0.2) is 27.9 Å². The fourth-order valence-corrected chi connectivity index (χ4v) is 4.06. The average molecular weight is 450 g/mol. The van der Waals surface area contributed by atoms with Crippen molar-refractivity contribution in [1.82, 2.24) is 0 Å². The number of nitrogens with zero attached hydrogens (tertiary/aromatic N) is 2. The Hall–Kier alpha value is -4.78. The van der Waals surface area contributed by atoms with Crippen molar-refractivity contribution >= 4 is 29.2 Å². The number of anilines is 1. The number of benzene rings is 3. The fourth-order valence-electron chi connectivity index (χ4n) is 4.06. The lowest BCUT2D eigenvalue weighted by molar-refractivity contribution is -0.683. The number of nitrogens with one attached hydrogen (secondary N) is 1. The Balaban J connectivity index is 1.57. The molecule has 166 valence electrons. The summed E-state index contributed by atoms with van der Waals surface area (Å²) in [5.41, 5.74) is 3.73. The van der Waals surface area contributed by atoms with Crippen LogP contribution in [0.25, 0.3) is 11.1 Å². The van der Waals surface area contributed by atoms with Gasteiger partial charge in [-0.2, -0.15) is 0 Å². The maximum Gasteiger partial charge on any atom is 0.336 e. The van der Waals surface area contributed by atoms with Crippen molar-refractivity contribution in [2.24, 2.45) is 4.99 Å². The molecule has 0 saturated carbocycles. The summed E-state index contributed by atoms with van der Waals surface area (Å²) in [7, 11) is 0. The van der Waals surface area contributed by atoms with Gasteiger partial charge in [0.05, 0.1) is 17.3 Å². The number of pyridine rings is 1. The third kappa shape index (κ3) is 3.91. The van der Waals surface area contributed by atoms with Crippen LogP contribution in [-0.2, 0) is 0 Å². The summed E-state index contributed by atoms with van der Waals surface area (Å²) >= 11 is 0. The molecule has 0 radical (unpaired) electrons. The summed E-state index contributed by atoms with van der Waals surface area (Å²) < 4.78 is 1.97. The van der Waals surface area contributed by atoms with Crippen LogP contribution in [0.1, 0.15) is 32.4 Å². The Kier molecular flexibility index (Phi) is 5.35. The van der Waals surface area contributed by atoms with E-state index in [0.29, 0.717) is 5.69 Å². The topological polar surface area (TPSA) is 103 Å². The van der Waals surface area contributed by atoms with Crippen molar-refractivity contribution in [3.05, 3.63) is 114 Å². The summed E-state index contributed by atoms with van der Waals surface area (Å²) in [5, 5.41) is 22.2. The minimum atomic E-state index is -1.30. The lowest BCUT2D eigenvalue weighted by atomic mass is 10.1. The van der Waals surface area contributed by atoms with E-state index in [2.05, 4.69) is 5.32 Å². The first-order chi connectivity index (χ1) is 16.5. The Morgan fingerprint density at radius 2 is 1.38 bits per heavy atom. The number of rotatable bonds is 6. The fraction of sp³-hybridized carbons (Fsp3) is 0.0370. The van der Waals surface area contributed by atoms with E-state index in [9.17, 15) is 19.8 Å². The summed E-state index contributed by atoms with van der Waals surface area (Å²) in [6.45, 7) is 0. The molecule has 3 N–H and O–H groups in total. The first-order valence-electron chi connectivity index (χ1n) is 10.6. The first kappa shape index (κ1) is 21.1. The lowest BCUT2D eigenvalue weighted by Gasteiger charge is -2.15. The Labute approximate surface area is 195 Å². The molecule has 7 heteroatoms. The van der Waals surface area contributed by atoms with Crippen molar-refractivity contribution in [1.29, 1.82) is 0 Å². The highest BCUT2D eigenvalue weighted by Crippen LogP contribution is 2.29. The van der Waals surface area contributed by atoms with Crippen molar-refractivity contribution in [2.45, 2.75) is 6.17 Å². The highest BCUT2D eigenvalue weighted by atomic mass is 16.4. The van der Waals surface area contributed by atoms with E-state index in [1.54, 1.807) is 6.07 Å². The summed E-state index contributed by atoms with van der Waals surface area (Å²) in [6.07, 6.45) is 1.53. The van der Waals surface area contributed by atoms with Gasteiger partial charge in [0.25, 0.3) is 0 Å². The maximum absolute atomic E-state index is 11.7. The zero-order chi connectivity index (χ0) is 23.7. The number of hydrogen-bond acceptors (Lipinski definition) is 4. The van der Waals surface area contributed by atoms with Crippen molar-refractivity contribution in [2.75, 3.05) is 5.32 Å². The van der Waals surface area contributed by atoms with Gasteiger partial charge < -0.3 is 15.5 Å². The van der Waals surface area contributed by atoms with Crippen LogP contribution in [0.5, 0.6) is 0 Å². The van der Waals surface area contributed by atoms with Gasteiger partial charge in [-0.15, -0.1) is 0 Å². The quantitative estimate of drug-likeness (QED) is 0.367. The SMILES string of the molecule is O=C(O)c1ccc(NC2C(c3ccccc3)=Nc3cc(-c4ccccc4)cc[n+]32)cc1C(=O)O. The zero-order valence-corrected chi connectivity index (χ0v) is 17.9. The van der Waals surface area contributed by atoms with Crippen LogP contribution < -0.4 is 9.88 Å². The predicted octanol–water partition coefficient (Wildman–Crippen LogP) is 4.78. The number of carbonyl (C=O) groups is 2. The minimum absolute atomic E-state index is 0.262. The Morgan fingerprint density at radius 3 is 2.03 bits per heavy atom. The molecule has 1 aromatic heterocycles. The van der Waals surface area contributed by atoms with Gasteiger partial charge in [-0.1, -0.05) is 60.7 Å². The van der Waals surface area contributed by atoms with E-state index in [1.807, 2.05) is 83.6 Å². The van der Waals surface area contributed by atoms with Crippen LogP contribution in [0.3, 0.4) is 0 Å². The van der Waals surface area contributed by atoms with Crippen molar-refractivity contribution < 1.29 is 24.4 Å². The Morgan fingerprint density at radius 1 is 0.735 bits per heavy atom. The molecule has 0 fully saturated rings. The number of carboxylic acid groups (broad SMARTS) is 2. The standard InChI is InChI=1S/C27H19N3O4/c31-26(32)21-12-11-20(16-22(21)27(33)34)28-25-24(18-9-5-2-6-10-18)29-23-15-19(13-14-30(23)25)17-7-3-1-4-8-17/h1-16,25,28H,(H-,31,32,33,34)/p+1. The molecule has 0 spiro atoms. The molecular weight excluding hydrogens is 430 g/mol. The molecule has 1 unspecified atom stereocenters. The molecule has 1 aliphatic heterocycles. The zero-order valence-electron chi connectivity index (χ0n) is 17.9. The third-order valence-corrected chi connectivity index (χ3v) is 5.70. The van der Waals surface area contributed by atoms with Crippen LogP contribution >= 0.6 is 0 Å². The number of aromatic carboxylic acids is 2. The average Bonchev–Trinajstić information content (AvgIpc) is 3.22. The number of aromatic nitrogens is 1. The molecule has 0 bridgehead atoms. The smallest absolute Gasteiger partial charge is 0.336 e. The van der Waals surface area contributed by atoms with Crippen LogP contribution in [0.4, 0.5) is 11.5 Å². The van der Waals surface area contributed by atoms with E-state index in [1.165, 1.54) is 12.1 Å². The summed E-state index contributed by atoms with van der Waals surface area (Å²) in [4.78, 5) is 28.0. The lowest BCUT2D eigenvalue weighted by Crippen LogP contribution is -2.44. The highest BCUT2D eigenvalue weighted by molar-refractivity contribution is 6.06. The van der Waals surface area contributed by atoms with Crippen molar-refractivity contribution in [3.63, 3.8) is 0 Å². The van der Waals surface area contributed by atoms with Crippen LogP contribution in [0.15, 0.2) is 102 Å². The second-order valence-electron chi connectivity index (χ2n) is 7.83. The van der Waals surface area contributed by atoms with Gasteiger partial charge in [0.15, 0.2) is 0 Å². The number of carboxylic acids is 2. The van der Waals surface area contributed by atoms with Crippen LogP contribution in [0.2, 0.25) is 0 Å². The third-order valence-electron chi connectivity index (χ3n) is 5.70. The summed E-state index contributed by atoms with van der Waals surface area (Å²) in [6, 6.07) is 28.0. The van der Waals surface area contributed by atoms with Gasteiger partial charge in [0.2, 0.25) is 11.9 Å². The molecule has 5 rings (SSSR count). The van der Waals surface area contributed by atoms with Crippen molar-refractivity contribution in [3.8, 4) is 11.1 Å². The van der Waals surface area contributed by atoms with E-state index in [4.69, 9.17) is 4.99 Å². The summed E-state index contributed by atoms with van der Waals surface area (Å²) in [5.74, 6) is -1.84. The highest BCUT2D eigenvalue weighted by Gasteiger charge is 2.37. The van der Waals surface area contributed by atoms with Gasteiger partial charge >= 0.3 is 17.8 Å². The molecule has 1 atom stereocenters. The number of aliphatic imine (C=N–C) groups is 1. The molecule has 3 aromatic carbocycles. The van der Waals surface area contributed by atoms with Gasteiger partial charge in [0.1, 0.15) is 0 Å². The Bertz CT molecular complexity index is 1430. The van der Waals surface area contributed by atoms with Crippen LogP contribution in [0, 0.1) is 0 Å². The maximum atomic E-state index is 11.7. The number of fused-ring (bicyclic) bond motifs is 1. The van der Waals surface area contributed by atoms with Gasteiger partial charge in [-0.05, 0) is 40.4 Å². The molecule has 1 aliphatic rings. The number of hydrogen-bond donors (Lipinski definition) is 3. The molecule has 0 saturated heterocycles. The molecule has 0 aliphatic carbocycles. The van der Waals surface area contributed by atoms with Gasteiger partial charge in [-0.3, -0.25) is 0 Å². The van der Waals surface area contributed by atoms with Gasteiger partial charge in [-0.25, -0.2) is 14.2 Å². The molecular formula is C27H20N3O4+. The van der Waals surface area contributed by atoms with E-state index < -0.39 is 18.1 Å². The van der Waals surface area contributed by atoms with Gasteiger partial charge in [0, 0.05) is 17.3 Å². The molecule has 4 aromatic rings. The molecule has 0 amide bonds. The molecule has 2 heterocycles. The first-order valence-corrected chi connectivity index (χ1v) is 10.6. The monoisotopic (exact) mass is 450 g/mol. The van der Waals surface area contributed by atoms with E-state index in [-0.39, 0.29) is 11.1 Å². The molecule has 34 heavy (non-hydrogen) atoms. The normalized spacial score (nSPS) is 14.2. The predicted molar refractivity (Wildman–Crippen MR) is 128 cm³/mol. The minimum Gasteiger partial charge on any atom is -0.478 e. The largest absolute Gasteiger partial charge is 0.478 e. The molecule has 7 nitrogen and oxygen atoms in total. The second kappa shape index (κ2) is 8.63.